The van der Waals surface area contributed by atoms with Gasteiger partial charge in [-0.05, 0) is 0 Å². The summed E-state index contributed by atoms with van der Waals surface area (Å²) in [5.41, 5.74) is 8.05. The van der Waals surface area contributed by atoms with Crippen LogP contribution in [0, 0.1) is 0 Å². The van der Waals surface area contributed by atoms with Crippen LogP contribution in [0.15, 0.2) is 0 Å². The van der Waals surface area contributed by atoms with Crippen LogP contribution in [0.1, 0.15) is 27.4 Å². The molecule has 2 rings (SSSR count). The van der Waals surface area contributed by atoms with E-state index < -0.39 is 71.1 Å². The fourth-order valence-electron chi connectivity index (χ4n) is 2.13. The summed E-state index contributed by atoms with van der Waals surface area (Å²) < 4.78 is 0. The molecule has 1 fully saturated rings. The molecule has 14 heteroatoms. The van der Waals surface area contributed by atoms with Crippen LogP contribution in [-0.4, -0.2) is 78.4 Å². The molecule has 10 N–H and O–H groups in total. The second-order valence-electron chi connectivity index (χ2n) is 5.69. The van der Waals surface area contributed by atoms with Gasteiger partial charge in [-0.3, -0.25) is 9.59 Å². The van der Waals surface area contributed by atoms with Crippen LogP contribution in [-0.2, 0) is 9.59 Å². The van der Waals surface area contributed by atoms with Crippen LogP contribution in [0.3, 0.4) is 0 Å². The van der Waals surface area contributed by atoms with Crippen molar-refractivity contribution in [2.45, 2.75) is 24.1 Å². The lowest BCUT2D eigenvalue weighted by atomic mass is 10.2. The van der Waals surface area contributed by atoms with Gasteiger partial charge < -0.3 is 42.5 Å². The Morgan fingerprint density at radius 2 is 1.59 bits per heavy atom. The van der Waals surface area contributed by atoms with Crippen molar-refractivity contribution >= 4 is 35.4 Å². The van der Waals surface area contributed by atoms with Gasteiger partial charge >= 0.3 is 11.9 Å². The van der Waals surface area contributed by atoms with Gasteiger partial charge in [-0.2, -0.15) is 0 Å². The largest absolute Gasteiger partial charge is 0.480 e. The number of aliphatic hydroxyl groups excluding tert-OH is 2. The highest BCUT2D eigenvalue weighted by molar-refractivity contribution is 6.03. The highest BCUT2D eigenvalue weighted by atomic mass is 16.4. The number of nitrogens with zero attached hydrogens (tertiary/aromatic N) is 2. The van der Waals surface area contributed by atoms with Crippen LogP contribution in [0.4, 0.5) is 11.6 Å². The van der Waals surface area contributed by atoms with E-state index in [0.717, 1.165) is 0 Å². The number of hydrogen-bond donors (Lipinski definition) is 8. The maximum absolute atomic E-state index is 12.2. The number of nitrogen functional groups attached to an aromatic ring is 2. The van der Waals surface area contributed by atoms with Crippen molar-refractivity contribution in [3.05, 3.63) is 11.4 Å². The van der Waals surface area contributed by atoms with Gasteiger partial charge in [0.15, 0.2) is 34.6 Å². The van der Waals surface area contributed by atoms with Crippen LogP contribution < -0.4 is 22.1 Å². The molecule has 1 aliphatic carbocycles. The number of rotatable bonds is 7. The first-order valence-corrected chi connectivity index (χ1v) is 7.35. The maximum Gasteiger partial charge on any atom is 0.332 e. The molecule has 0 aliphatic heterocycles. The van der Waals surface area contributed by atoms with E-state index in [1.54, 1.807) is 0 Å². The Kier molecular flexibility index (Phi) is 5.14. The number of carbonyl (C=O) groups is 4. The first kappa shape index (κ1) is 19.8. The zero-order valence-corrected chi connectivity index (χ0v) is 13.5. The van der Waals surface area contributed by atoms with Gasteiger partial charge in [-0.25, -0.2) is 19.6 Å². The van der Waals surface area contributed by atoms with E-state index in [-0.39, 0.29) is 6.42 Å². The van der Waals surface area contributed by atoms with Crippen molar-refractivity contribution in [2.75, 3.05) is 18.1 Å². The summed E-state index contributed by atoms with van der Waals surface area (Å²) in [7, 11) is 0. The predicted octanol–water partition coefficient (Wildman–Crippen LogP) is -3.87. The van der Waals surface area contributed by atoms with E-state index in [1.807, 2.05) is 5.32 Å². The lowest BCUT2D eigenvalue weighted by Gasteiger charge is -2.15. The average molecular weight is 384 g/mol. The Morgan fingerprint density at radius 1 is 1.11 bits per heavy atom. The standard InChI is InChI=1S/C13H16N6O8/c14-7-5(9(22)16-3(2-20)11(24)25)17-8(15)6(18-7)10(23)19-13(12(26)27)1-4(13)21/h3-4,20-21H,1-2H2,(H2,14,18)(H2,15,17)(H,16,22)(H,19,23)(H,24,25)(H,26,27)/t3-,4+,13+/m0/s1. The minimum Gasteiger partial charge on any atom is -0.480 e. The van der Waals surface area contributed by atoms with Crippen molar-refractivity contribution < 1.29 is 39.6 Å². The van der Waals surface area contributed by atoms with Gasteiger partial charge in [0, 0.05) is 6.42 Å². The summed E-state index contributed by atoms with van der Waals surface area (Å²) >= 11 is 0. The summed E-state index contributed by atoms with van der Waals surface area (Å²) in [6.07, 6.45) is -1.50. The van der Waals surface area contributed by atoms with Crippen LogP contribution in [0.5, 0.6) is 0 Å². The molecule has 146 valence electrons. The minimum atomic E-state index is -1.87. The predicted molar refractivity (Wildman–Crippen MR) is 85.3 cm³/mol. The number of anilines is 2. The van der Waals surface area contributed by atoms with E-state index in [0.29, 0.717) is 0 Å². The Hall–Kier alpha value is -3.52. The van der Waals surface area contributed by atoms with Gasteiger partial charge in [0.25, 0.3) is 11.8 Å². The molecule has 27 heavy (non-hydrogen) atoms. The number of amides is 2. The smallest absolute Gasteiger partial charge is 0.332 e. The number of aromatic nitrogens is 2. The molecule has 0 bridgehead atoms. The third kappa shape index (κ3) is 3.70. The quantitative estimate of drug-likeness (QED) is 0.225. The Balaban J connectivity index is 2.24. The third-order valence-corrected chi connectivity index (χ3v) is 3.81. The topological polar surface area (TPSA) is 251 Å². The molecular formula is C13H16N6O8. The van der Waals surface area contributed by atoms with E-state index in [4.69, 9.17) is 26.8 Å². The normalized spacial score (nSPS) is 21.8. The van der Waals surface area contributed by atoms with Crippen molar-refractivity contribution in [2.24, 2.45) is 0 Å². The summed E-state index contributed by atoms with van der Waals surface area (Å²) in [5.74, 6) is -6.34. The molecule has 3 atom stereocenters. The van der Waals surface area contributed by atoms with E-state index in [9.17, 15) is 24.3 Å². The van der Waals surface area contributed by atoms with Gasteiger partial charge in [-0.1, -0.05) is 0 Å². The zero-order chi connectivity index (χ0) is 20.5. The number of hydrogen-bond acceptors (Lipinski definition) is 10. The highest BCUT2D eigenvalue weighted by Gasteiger charge is 2.62. The summed E-state index contributed by atoms with van der Waals surface area (Å²) in [6, 6.07) is -1.63. The number of carbonyl (C=O) groups excluding carboxylic acids is 2. The highest BCUT2D eigenvalue weighted by Crippen LogP contribution is 2.36. The first-order chi connectivity index (χ1) is 12.5. The molecule has 2 amide bonds. The maximum atomic E-state index is 12.2. The van der Waals surface area contributed by atoms with Crippen molar-refractivity contribution in [1.29, 1.82) is 0 Å². The van der Waals surface area contributed by atoms with Gasteiger partial charge in [0.1, 0.15) is 0 Å². The molecule has 0 radical (unpaired) electrons. The number of carboxylic acids is 2. The van der Waals surface area contributed by atoms with Crippen LogP contribution in [0.25, 0.3) is 0 Å². The molecule has 0 unspecified atom stereocenters. The van der Waals surface area contributed by atoms with E-state index in [1.165, 1.54) is 0 Å². The summed E-state index contributed by atoms with van der Waals surface area (Å²) in [4.78, 5) is 53.4. The van der Waals surface area contributed by atoms with Gasteiger partial charge in [-0.15, -0.1) is 0 Å². The monoisotopic (exact) mass is 384 g/mol. The average Bonchev–Trinajstić information content (AvgIpc) is 3.24. The molecular weight excluding hydrogens is 368 g/mol. The third-order valence-electron chi connectivity index (χ3n) is 3.81. The second kappa shape index (κ2) is 7.00. The fraction of sp³-hybridized carbons (Fsp3) is 0.385. The Morgan fingerprint density at radius 3 is 1.96 bits per heavy atom. The molecule has 1 heterocycles. The molecule has 1 aromatic heterocycles. The number of nitrogens with one attached hydrogen (secondary N) is 2. The lowest BCUT2D eigenvalue weighted by Crippen LogP contribution is -2.46. The van der Waals surface area contributed by atoms with E-state index in [2.05, 4.69) is 15.3 Å². The summed E-state index contributed by atoms with van der Waals surface area (Å²) in [6.45, 7) is -0.899. The van der Waals surface area contributed by atoms with Crippen LogP contribution in [0.2, 0.25) is 0 Å². The second-order valence-corrected chi connectivity index (χ2v) is 5.69. The molecule has 1 saturated carbocycles. The SMILES string of the molecule is Nc1nc(C(=O)N[C@]2(C(=O)O)C[C@H]2O)c(N)nc1C(=O)N[C@@H](CO)C(=O)O. The molecule has 14 nitrogen and oxygen atoms in total. The molecule has 1 aliphatic rings. The van der Waals surface area contributed by atoms with Crippen molar-refractivity contribution in [1.82, 2.24) is 20.6 Å². The zero-order valence-electron chi connectivity index (χ0n) is 13.5. The Labute approximate surface area is 150 Å². The van der Waals surface area contributed by atoms with Crippen molar-refractivity contribution in [3.8, 4) is 0 Å². The number of aliphatic hydroxyl groups is 2. The fourth-order valence-corrected chi connectivity index (χ4v) is 2.13. The van der Waals surface area contributed by atoms with Gasteiger partial charge in [0.05, 0.1) is 12.7 Å². The number of nitrogens with two attached hydrogens (primary N) is 2. The molecule has 0 saturated heterocycles. The van der Waals surface area contributed by atoms with Crippen molar-refractivity contribution in [3.63, 3.8) is 0 Å². The molecule has 0 spiro atoms. The molecule has 0 aromatic carbocycles. The first-order valence-electron chi connectivity index (χ1n) is 7.35. The number of aliphatic carboxylic acids is 2. The van der Waals surface area contributed by atoms with Crippen LogP contribution >= 0.6 is 0 Å². The lowest BCUT2D eigenvalue weighted by molar-refractivity contribution is -0.141. The van der Waals surface area contributed by atoms with E-state index >= 15 is 0 Å². The number of carboxylic acid groups (broad SMARTS) is 2. The molecule has 1 aromatic rings. The van der Waals surface area contributed by atoms with Gasteiger partial charge in [0.2, 0.25) is 0 Å². The Bertz CT molecular complexity index is 829. The minimum absolute atomic E-state index is 0.213. The summed E-state index contributed by atoms with van der Waals surface area (Å²) in [5, 5.41) is 40.2.